The number of hydrogen-bond donors (Lipinski definition) is 2. The standard InChI is InChI=1S/C16H19N5O2S/c1-12(2)21-24(22,23)11-14-6-4-3-5-13(14)10-18-16-8-7-15(9-17)19-20-16/h3-8,12,21H,10-11H2,1-2H3,(H,18,20). The van der Waals surface area contributed by atoms with Crippen molar-refractivity contribution < 1.29 is 8.42 Å². The number of aromatic nitrogens is 2. The zero-order valence-corrected chi connectivity index (χ0v) is 14.3. The number of benzene rings is 1. The van der Waals surface area contributed by atoms with Gasteiger partial charge in [-0.25, -0.2) is 13.1 Å². The van der Waals surface area contributed by atoms with E-state index in [0.29, 0.717) is 12.4 Å². The van der Waals surface area contributed by atoms with E-state index < -0.39 is 10.0 Å². The number of hydrogen-bond acceptors (Lipinski definition) is 6. The third kappa shape index (κ3) is 5.30. The summed E-state index contributed by atoms with van der Waals surface area (Å²) >= 11 is 0. The monoisotopic (exact) mass is 345 g/mol. The van der Waals surface area contributed by atoms with Crippen molar-refractivity contribution in [2.24, 2.45) is 0 Å². The molecule has 1 heterocycles. The summed E-state index contributed by atoms with van der Waals surface area (Å²) in [6.45, 7) is 3.98. The normalized spacial score (nSPS) is 11.2. The summed E-state index contributed by atoms with van der Waals surface area (Å²) in [4.78, 5) is 0. The first kappa shape index (κ1) is 17.8. The Hall–Kier alpha value is -2.50. The molecule has 1 aromatic carbocycles. The van der Waals surface area contributed by atoms with E-state index in [0.717, 1.165) is 11.1 Å². The van der Waals surface area contributed by atoms with Gasteiger partial charge < -0.3 is 5.32 Å². The molecule has 2 aromatic rings. The van der Waals surface area contributed by atoms with Crippen molar-refractivity contribution in [2.45, 2.75) is 32.2 Å². The van der Waals surface area contributed by atoms with Crippen LogP contribution in [0.4, 0.5) is 5.82 Å². The van der Waals surface area contributed by atoms with Gasteiger partial charge in [-0.15, -0.1) is 10.2 Å². The fourth-order valence-corrected chi connectivity index (χ4v) is 3.64. The van der Waals surface area contributed by atoms with E-state index in [4.69, 9.17) is 5.26 Å². The lowest BCUT2D eigenvalue weighted by molar-refractivity contribution is 0.569. The highest BCUT2D eigenvalue weighted by atomic mass is 32.2. The topological polar surface area (TPSA) is 108 Å². The predicted molar refractivity (Wildman–Crippen MR) is 91.4 cm³/mol. The molecule has 2 rings (SSSR count). The number of nitriles is 1. The summed E-state index contributed by atoms with van der Waals surface area (Å²) in [6, 6.07) is 12.3. The number of anilines is 1. The van der Waals surface area contributed by atoms with Crippen LogP contribution in [0.1, 0.15) is 30.7 Å². The minimum atomic E-state index is -3.39. The highest BCUT2D eigenvalue weighted by Crippen LogP contribution is 2.14. The van der Waals surface area contributed by atoms with Gasteiger partial charge in [0.1, 0.15) is 11.9 Å². The van der Waals surface area contributed by atoms with Crippen LogP contribution in [0.3, 0.4) is 0 Å². The molecule has 24 heavy (non-hydrogen) atoms. The lowest BCUT2D eigenvalue weighted by atomic mass is 10.1. The van der Waals surface area contributed by atoms with E-state index in [9.17, 15) is 8.42 Å². The van der Waals surface area contributed by atoms with Gasteiger partial charge in [0.05, 0.1) is 5.75 Å². The Labute approximate surface area is 141 Å². The molecule has 0 aliphatic heterocycles. The Morgan fingerprint density at radius 3 is 2.42 bits per heavy atom. The Kier molecular flexibility index (Phi) is 5.84. The highest BCUT2D eigenvalue weighted by Gasteiger charge is 2.15. The van der Waals surface area contributed by atoms with Crippen LogP contribution in [0.2, 0.25) is 0 Å². The van der Waals surface area contributed by atoms with E-state index in [1.54, 1.807) is 32.0 Å². The zero-order valence-electron chi connectivity index (χ0n) is 13.5. The molecule has 7 nitrogen and oxygen atoms in total. The third-order valence-electron chi connectivity index (χ3n) is 3.12. The largest absolute Gasteiger partial charge is 0.364 e. The lowest BCUT2D eigenvalue weighted by Crippen LogP contribution is -2.31. The van der Waals surface area contributed by atoms with Gasteiger partial charge in [0, 0.05) is 12.6 Å². The smallest absolute Gasteiger partial charge is 0.216 e. The van der Waals surface area contributed by atoms with Crippen LogP contribution >= 0.6 is 0 Å². The van der Waals surface area contributed by atoms with Crippen molar-refractivity contribution in [3.8, 4) is 6.07 Å². The number of nitrogens with zero attached hydrogens (tertiary/aromatic N) is 3. The molecule has 0 saturated carbocycles. The molecule has 0 bridgehead atoms. The second-order valence-corrected chi connectivity index (χ2v) is 7.32. The Balaban J connectivity index is 2.09. The van der Waals surface area contributed by atoms with Gasteiger partial charge in [0.15, 0.2) is 5.69 Å². The molecular formula is C16H19N5O2S. The van der Waals surface area contributed by atoms with Crippen LogP contribution in [-0.4, -0.2) is 24.7 Å². The van der Waals surface area contributed by atoms with Gasteiger partial charge >= 0.3 is 0 Å². The lowest BCUT2D eigenvalue weighted by Gasteiger charge is -2.13. The molecule has 2 N–H and O–H groups in total. The summed E-state index contributed by atoms with van der Waals surface area (Å²) < 4.78 is 26.8. The quantitative estimate of drug-likeness (QED) is 0.792. The van der Waals surface area contributed by atoms with Crippen LogP contribution in [0, 0.1) is 11.3 Å². The summed E-state index contributed by atoms with van der Waals surface area (Å²) in [5, 5.41) is 19.4. The maximum atomic E-state index is 12.1. The van der Waals surface area contributed by atoms with Gasteiger partial charge in [-0.1, -0.05) is 24.3 Å². The van der Waals surface area contributed by atoms with Crippen LogP contribution in [0.15, 0.2) is 36.4 Å². The summed E-state index contributed by atoms with van der Waals surface area (Å²) in [5.74, 6) is 0.439. The van der Waals surface area contributed by atoms with E-state index >= 15 is 0 Å². The molecule has 8 heteroatoms. The highest BCUT2D eigenvalue weighted by molar-refractivity contribution is 7.88. The predicted octanol–water partition coefficient (Wildman–Crippen LogP) is 1.79. The average Bonchev–Trinajstić information content (AvgIpc) is 2.53. The van der Waals surface area contributed by atoms with Crippen molar-refractivity contribution in [3.05, 3.63) is 53.2 Å². The molecule has 0 fully saturated rings. The van der Waals surface area contributed by atoms with Gasteiger partial charge in [-0.2, -0.15) is 5.26 Å². The van der Waals surface area contributed by atoms with Crippen molar-refractivity contribution in [3.63, 3.8) is 0 Å². The Morgan fingerprint density at radius 1 is 1.12 bits per heavy atom. The Morgan fingerprint density at radius 2 is 1.83 bits per heavy atom. The van der Waals surface area contributed by atoms with Crippen molar-refractivity contribution in [2.75, 3.05) is 5.32 Å². The molecule has 0 radical (unpaired) electrons. The molecule has 0 saturated heterocycles. The van der Waals surface area contributed by atoms with E-state index in [-0.39, 0.29) is 17.5 Å². The number of nitrogens with one attached hydrogen (secondary N) is 2. The summed E-state index contributed by atoms with van der Waals surface area (Å²) in [7, 11) is -3.39. The van der Waals surface area contributed by atoms with E-state index in [1.165, 1.54) is 0 Å². The number of rotatable bonds is 7. The average molecular weight is 345 g/mol. The number of sulfonamides is 1. The second kappa shape index (κ2) is 7.86. The molecule has 0 unspecified atom stereocenters. The minimum Gasteiger partial charge on any atom is -0.364 e. The van der Waals surface area contributed by atoms with Crippen LogP contribution < -0.4 is 10.0 Å². The first-order valence-corrected chi connectivity index (χ1v) is 9.09. The molecular weight excluding hydrogens is 326 g/mol. The third-order valence-corrected chi connectivity index (χ3v) is 4.64. The summed E-state index contributed by atoms with van der Waals surface area (Å²) in [5.41, 5.74) is 1.82. The molecule has 1 aromatic heterocycles. The van der Waals surface area contributed by atoms with Crippen LogP contribution in [0.5, 0.6) is 0 Å². The van der Waals surface area contributed by atoms with E-state index in [1.807, 2.05) is 24.3 Å². The fraction of sp³-hybridized carbons (Fsp3) is 0.312. The van der Waals surface area contributed by atoms with Crippen LogP contribution in [-0.2, 0) is 22.3 Å². The zero-order chi connectivity index (χ0) is 17.6. The summed E-state index contributed by atoms with van der Waals surface area (Å²) in [6.07, 6.45) is 0. The first-order valence-electron chi connectivity index (χ1n) is 7.44. The van der Waals surface area contributed by atoms with Crippen LogP contribution in [0.25, 0.3) is 0 Å². The first-order chi connectivity index (χ1) is 11.4. The van der Waals surface area contributed by atoms with Gasteiger partial charge in [-0.05, 0) is 37.1 Å². The molecule has 0 aliphatic rings. The van der Waals surface area contributed by atoms with Crippen molar-refractivity contribution in [1.29, 1.82) is 5.26 Å². The molecule has 0 amide bonds. The Bertz CT molecular complexity index is 826. The fourth-order valence-electron chi connectivity index (χ4n) is 2.15. The second-order valence-electron chi connectivity index (χ2n) is 5.57. The van der Waals surface area contributed by atoms with E-state index in [2.05, 4.69) is 20.2 Å². The maximum Gasteiger partial charge on any atom is 0.216 e. The maximum absolute atomic E-state index is 12.1. The minimum absolute atomic E-state index is 0.0813. The van der Waals surface area contributed by atoms with Gasteiger partial charge in [0.2, 0.25) is 10.0 Å². The molecule has 0 aliphatic carbocycles. The van der Waals surface area contributed by atoms with Gasteiger partial charge in [-0.3, -0.25) is 0 Å². The molecule has 126 valence electrons. The molecule has 0 atom stereocenters. The van der Waals surface area contributed by atoms with Crippen molar-refractivity contribution in [1.82, 2.24) is 14.9 Å². The SMILES string of the molecule is CC(C)NS(=O)(=O)Cc1ccccc1CNc1ccc(C#N)nn1. The molecule has 0 spiro atoms. The van der Waals surface area contributed by atoms with Gasteiger partial charge in [0.25, 0.3) is 0 Å². The van der Waals surface area contributed by atoms with Crippen molar-refractivity contribution >= 4 is 15.8 Å².